The molecule has 4 nitrogen and oxygen atoms in total. The zero-order valence-corrected chi connectivity index (χ0v) is 8.50. The molecule has 0 atom stereocenters. The molecule has 0 spiro atoms. The summed E-state index contributed by atoms with van der Waals surface area (Å²) in [6.07, 6.45) is 1.79. The highest BCUT2D eigenvalue weighted by Gasteiger charge is 2.09. The van der Waals surface area contributed by atoms with Gasteiger partial charge < -0.3 is 0 Å². The van der Waals surface area contributed by atoms with Crippen LogP contribution in [0.1, 0.15) is 0 Å². The molecule has 0 fully saturated rings. The zero-order valence-electron chi connectivity index (χ0n) is 7.69. The van der Waals surface area contributed by atoms with Crippen LogP contribution in [0.25, 0.3) is 5.69 Å². The Morgan fingerprint density at radius 2 is 2.07 bits per heavy atom. The van der Waals surface area contributed by atoms with Gasteiger partial charge in [0, 0.05) is 6.07 Å². The lowest BCUT2D eigenvalue weighted by atomic mass is 10.3. The number of halogens is 2. The van der Waals surface area contributed by atoms with E-state index in [2.05, 4.69) is 15.5 Å². The Labute approximate surface area is 88.3 Å². The third-order valence-electron chi connectivity index (χ3n) is 1.77. The number of aromatic nitrogens is 4. The van der Waals surface area contributed by atoms with Gasteiger partial charge in [-0.05, 0) is 28.8 Å². The van der Waals surface area contributed by atoms with Crippen LogP contribution in [0.4, 0.5) is 8.78 Å². The predicted molar refractivity (Wildman–Crippen MR) is 50.9 cm³/mol. The first kappa shape index (κ1) is 10.0. The third-order valence-corrected chi connectivity index (χ3v) is 2.39. The van der Waals surface area contributed by atoms with Crippen LogP contribution < -0.4 is 0 Å². The van der Waals surface area contributed by atoms with Gasteiger partial charge in [-0.3, -0.25) is 0 Å². The van der Waals surface area contributed by atoms with Gasteiger partial charge in [0.2, 0.25) is 5.16 Å². The van der Waals surface area contributed by atoms with Gasteiger partial charge in [-0.25, -0.2) is 8.78 Å². The van der Waals surface area contributed by atoms with Crippen molar-refractivity contribution in [2.45, 2.75) is 5.16 Å². The zero-order chi connectivity index (χ0) is 10.8. The predicted octanol–water partition coefficient (Wildman–Crippen LogP) is 1.66. The summed E-state index contributed by atoms with van der Waals surface area (Å²) in [5.74, 6) is -1.81. The summed E-state index contributed by atoms with van der Waals surface area (Å²) >= 11 is 1.32. The fourth-order valence-corrected chi connectivity index (χ4v) is 1.52. The maximum atomic E-state index is 12.9. The highest BCUT2D eigenvalue weighted by Crippen LogP contribution is 2.17. The van der Waals surface area contributed by atoms with E-state index >= 15 is 0 Å². The molecule has 0 saturated heterocycles. The standard InChI is InChI=1S/C8H6F2N4S/c1-15-8-11-12-13-14(8)5-2-3-6(9)7(10)4-5/h2-4H,1H3. The van der Waals surface area contributed by atoms with Crippen LogP contribution in [-0.2, 0) is 0 Å². The van der Waals surface area contributed by atoms with Gasteiger partial charge in [0.05, 0.1) is 5.69 Å². The molecule has 1 heterocycles. The highest BCUT2D eigenvalue weighted by atomic mass is 32.2. The van der Waals surface area contributed by atoms with Crippen molar-refractivity contribution in [1.82, 2.24) is 20.2 Å². The third kappa shape index (κ3) is 1.82. The van der Waals surface area contributed by atoms with Crippen molar-refractivity contribution < 1.29 is 8.78 Å². The average Bonchev–Trinajstić information content (AvgIpc) is 2.70. The molecule has 15 heavy (non-hydrogen) atoms. The lowest BCUT2D eigenvalue weighted by molar-refractivity contribution is 0.507. The Bertz CT molecular complexity index is 485. The second kappa shape index (κ2) is 3.93. The minimum Gasteiger partial charge on any atom is -0.204 e. The number of tetrazole rings is 1. The molecule has 0 amide bonds. The molecule has 0 aliphatic rings. The van der Waals surface area contributed by atoms with Crippen LogP contribution in [0.3, 0.4) is 0 Å². The van der Waals surface area contributed by atoms with Crippen molar-refractivity contribution in [2.75, 3.05) is 6.26 Å². The number of rotatable bonds is 2. The van der Waals surface area contributed by atoms with E-state index in [-0.39, 0.29) is 0 Å². The first-order valence-electron chi connectivity index (χ1n) is 4.00. The Morgan fingerprint density at radius 3 is 2.73 bits per heavy atom. The molecule has 0 aliphatic carbocycles. The van der Waals surface area contributed by atoms with E-state index in [4.69, 9.17) is 0 Å². The van der Waals surface area contributed by atoms with Crippen molar-refractivity contribution in [3.8, 4) is 5.69 Å². The van der Waals surface area contributed by atoms with E-state index in [0.717, 1.165) is 12.1 Å². The number of thioether (sulfide) groups is 1. The van der Waals surface area contributed by atoms with Crippen molar-refractivity contribution in [3.63, 3.8) is 0 Å². The molecule has 0 radical (unpaired) electrons. The van der Waals surface area contributed by atoms with Gasteiger partial charge in [-0.2, -0.15) is 4.68 Å². The summed E-state index contributed by atoms with van der Waals surface area (Å²) in [7, 11) is 0. The molecule has 0 N–H and O–H groups in total. The summed E-state index contributed by atoms with van der Waals surface area (Å²) in [6.45, 7) is 0. The van der Waals surface area contributed by atoms with Gasteiger partial charge in [0.15, 0.2) is 11.6 Å². The van der Waals surface area contributed by atoms with Crippen LogP contribution in [0, 0.1) is 11.6 Å². The molecule has 78 valence electrons. The topological polar surface area (TPSA) is 43.6 Å². The van der Waals surface area contributed by atoms with Crippen molar-refractivity contribution in [1.29, 1.82) is 0 Å². The molecule has 2 rings (SSSR count). The lowest BCUT2D eigenvalue weighted by Crippen LogP contribution is -2.00. The fraction of sp³-hybridized carbons (Fsp3) is 0.125. The fourth-order valence-electron chi connectivity index (χ4n) is 1.09. The van der Waals surface area contributed by atoms with E-state index in [1.54, 1.807) is 6.26 Å². The monoisotopic (exact) mass is 228 g/mol. The second-order valence-electron chi connectivity index (χ2n) is 2.68. The molecule has 1 aromatic heterocycles. The minimum atomic E-state index is -0.921. The first-order valence-corrected chi connectivity index (χ1v) is 5.22. The molecule has 0 bridgehead atoms. The summed E-state index contributed by atoms with van der Waals surface area (Å²) in [6, 6.07) is 3.50. The average molecular weight is 228 g/mol. The smallest absolute Gasteiger partial charge is 0.204 e. The van der Waals surface area contributed by atoms with Gasteiger partial charge in [0.1, 0.15) is 0 Å². The normalized spacial score (nSPS) is 10.6. The maximum absolute atomic E-state index is 12.9. The Hall–Kier alpha value is -1.50. The number of benzene rings is 1. The quantitative estimate of drug-likeness (QED) is 0.733. The van der Waals surface area contributed by atoms with Crippen molar-refractivity contribution in [3.05, 3.63) is 29.8 Å². The van der Waals surface area contributed by atoms with E-state index in [1.807, 2.05) is 0 Å². The number of nitrogens with zero attached hydrogens (tertiary/aromatic N) is 4. The molecular weight excluding hydrogens is 222 g/mol. The Kier molecular flexibility index (Phi) is 2.63. The molecule has 7 heteroatoms. The number of hydrogen-bond donors (Lipinski definition) is 0. The first-order chi connectivity index (χ1) is 7.22. The van der Waals surface area contributed by atoms with Gasteiger partial charge in [-0.15, -0.1) is 5.10 Å². The lowest BCUT2D eigenvalue weighted by Gasteiger charge is -2.02. The van der Waals surface area contributed by atoms with Crippen molar-refractivity contribution >= 4 is 11.8 Å². The largest absolute Gasteiger partial charge is 0.213 e. The molecule has 0 saturated carbocycles. The Morgan fingerprint density at radius 1 is 1.27 bits per heavy atom. The van der Waals surface area contributed by atoms with Gasteiger partial charge in [-0.1, -0.05) is 11.8 Å². The maximum Gasteiger partial charge on any atom is 0.213 e. The summed E-state index contributed by atoms with van der Waals surface area (Å²) in [5.41, 5.74) is 0.392. The van der Waals surface area contributed by atoms with E-state index < -0.39 is 11.6 Å². The molecule has 2 aromatic rings. The van der Waals surface area contributed by atoms with Crippen LogP contribution in [0.2, 0.25) is 0 Å². The minimum absolute atomic E-state index is 0.392. The van der Waals surface area contributed by atoms with Crippen LogP contribution >= 0.6 is 11.8 Å². The van der Waals surface area contributed by atoms with Gasteiger partial charge in [0.25, 0.3) is 0 Å². The number of hydrogen-bond acceptors (Lipinski definition) is 4. The summed E-state index contributed by atoms with van der Waals surface area (Å²) in [4.78, 5) is 0. The van der Waals surface area contributed by atoms with Crippen LogP contribution in [0.15, 0.2) is 23.4 Å². The summed E-state index contributed by atoms with van der Waals surface area (Å²) in [5, 5.41) is 11.3. The molecule has 0 aliphatic heterocycles. The second-order valence-corrected chi connectivity index (χ2v) is 3.45. The van der Waals surface area contributed by atoms with E-state index in [1.165, 1.54) is 22.5 Å². The van der Waals surface area contributed by atoms with E-state index in [9.17, 15) is 8.78 Å². The molecular formula is C8H6F2N4S. The van der Waals surface area contributed by atoms with Crippen LogP contribution in [-0.4, -0.2) is 26.5 Å². The van der Waals surface area contributed by atoms with E-state index in [0.29, 0.717) is 10.8 Å². The highest BCUT2D eigenvalue weighted by molar-refractivity contribution is 7.98. The van der Waals surface area contributed by atoms with Gasteiger partial charge >= 0.3 is 0 Å². The Balaban J connectivity index is 2.50. The summed E-state index contributed by atoms with van der Waals surface area (Å²) < 4.78 is 27.0. The molecule has 0 unspecified atom stereocenters. The molecule has 1 aromatic carbocycles. The SMILES string of the molecule is CSc1nnnn1-c1ccc(F)c(F)c1. The van der Waals surface area contributed by atoms with Crippen LogP contribution in [0.5, 0.6) is 0 Å². The van der Waals surface area contributed by atoms with Crippen molar-refractivity contribution in [2.24, 2.45) is 0 Å².